The summed E-state index contributed by atoms with van der Waals surface area (Å²) >= 11 is 0. The van der Waals surface area contributed by atoms with Gasteiger partial charge < -0.3 is 19.5 Å². The van der Waals surface area contributed by atoms with Crippen molar-refractivity contribution in [3.63, 3.8) is 0 Å². The van der Waals surface area contributed by atoms with Crippen molar-refractivity contribution in [2.45, 2.75) is 70.6 Å². The monoisotopic (exact) mass is 541 g/mol. The van der Waals surface area contributed by atoms with Crippen LogP contribution in [-0.4, -0.2) is 43.8 Å². The smallest absolute Gasteiger partial charge is 0.407 e. The minimum absolute atomic E-state index is 0.0824. The van der Waals surface area contributed by atoms with Gasteiger partial charge in [0, 0.05) is 36.6 Å². The summed E-state index contributed by atoms with van der Waals surface area (Å²) in [5, 5.41) is 10.7. The van der Waals surface area contributed by atoms with Crippen LogP contribution in [0.15, 0.2) is 79.3 Å². The highest BCUT2D eigenvalue weighted by Crippen LogP contribution is 2.35. The second kappa shape index (κ2) is 11.0. The van der Waals surface area contributed by atoms with Crippen molar-refractivity contribution in [1.82, 2.24) is 25.3 Å². The molecule has 40 heavy (non-hydrogen) atoms. The van der Waals surface area contributed by atoms with Crippen molar-refractivity contribution in [2.75, 3.05) is 0 Å². The molecule has 5 rings (SSSR count). The van der Waals surface area contributed by atoms with Crippen molar-refractivity contribution in [3.05, 3.63) is 90.4 Å². The molecule has 9 heteroatoms. The maximum atomic E-state index is 11.9. The van der Waals surface area contributed by atoms with Gasteiger partial charge in [-0.2, -0.15) is 0 Å². The van der Waals surface area contributed by atoms with Gasteiger partial charge in [-0.1, -0.05) is 43.3 Å². The molecule has 4 aromatic rings. The van der Waals surface area contributed by atoms with Gasteiger partial charge in [0.05, 0.1) is 12.4 Å². The molecular formula is C31H35N5O4. The Morgan fingerprint density at radius 1 is 0.875 bits per heavy atom. The first-order valence-electron chi connectivity index (χ1n) is 13.4. The predicted molar refractivity (Wildman–Crippen MR) is 151 cm³/mol. The average Bonchev–Trinajstić information content (AvgIpc) is 3.42. The lowest BCUT2D eigenvalue weighted by Gasteiger charge is -2.36. The zero-order valence-electron chi connectivity index (χ0n) is 23.5. The number of ether oxygens (including phenoxy) is 3. The molecule has 2 aromatic carbocycles. The molecule has 0 radical (unpaired) electrons. The van der Waals surface area contributed by atoms with E-state index in [9.17, 15) is 4.79 Å². The van der Waals surface area contributed by atoms with E-state index >= 15 is 0 Å². The fraction of sp³-hybridized carbons (Fsp3) is 0.355. The second-order valence-electron chi connectivity index (χ2n) is 11.5. The van der Waals surface area contributed by atoms with Gasteiger partial charge in [-0.05, 0) is 62.2 Å². The molecule has 0 aliphatic heterocycles. The van der Waals surface area contributed by atoms with Gasteiger partial charge in [0.15, 0.2) is 5.82 Å². The number of amides is 1. The normalized spacial score (nSPS) is 17.0. The lowest BCUT2D eigenvalue weighted by molar-refractivity contribution is 0.0363. The van der Waals surface area contributed by atoms with Crippen LogP contribution in [-0.2, 0) is 10.2 Å². The van der Waals surface area contributed by atoms with Gasteiger partial charge in [0.2, 0.25) is 0 Å². The highest BCUT2D eigenvalue weighted by atomic mass is 16.6. The van der Waals surface area contributed by atoms with Crippen LogP contribution in [0, 0.1) is 0 Å². The molecule has 0 bridgehead atoms. The molecule has 1 saturated carbocycles. The van der Waals surface area contributed by atoms with Crippen LogP contribution in [0.25, 0.3) is 5.82 Å². The maximum Gasteiger partial charge on any atom is 0.407 e. The quantitative estimate of drug-likeness (QED) is 0.283. The first kappa shape index (κ1) is 27.2. The standard InChI is InChI=1S/C31H35N5O4/c1-30(2,3)40-29(37)34-23-18-27(19-23)39-25-12-8-22(9-13-25)31(4,5)21-6-10-24(11-7-21)38-26-14-15-32-28(20-26)36-17-16-33-35-36/h6-17,20,23,27H,18-19H2,1-5H3,(H,34,37). The Bertz CT molecular complexity index is 1420. The van der Waals surface area contributed by atoms with E-state index in [0.29, 0.717) is 11.6 Å². The van der Waals surface area contributed by atoms with Crippen molar-refractivity contribution >= 4 is 6.09 Å². The number of hydrogen-bond donors (Lipinski definition) is 1. The summed E-state index contributed by atoms with van der Waals surface area (Å²) in [4.78, 5) is 16.2. The van der Waals surface area contributed by atoms with Crippen LogP contribution < -0.4 is 14.8 Å². The van der Waals surface area contributed by atoms with Gasteiger partial charge in [0.1, 0.15) is 29.0 Å². The molecule has 2 heterocycles. The van der Waals surface area contributed by atoms with Crippen LogP contribution in [0.3, 0.4) is 0 Å². The van der Waals surface area contributed by atoms with E-state index in [1.54, 1.807) is 23.3 Å². The Morgan fingerprint density at radius 2 is 1.52 bits per heavy atom. The number of aromatic nitrogens is 4. The summed E-state index contributed by atoms with van der Waals surface area (Å²) in [6.07, 6.45) is 6.26. The van der Waals surface area contributed by atoms with E-state index in [1.807, 2.05) is 57.2 Å². The topological polar surface area (TPSA) is 100 Å². The number of nitrogens with one attached hydrogen (secondary N) is 1. The Morgan fingerprint density at radius 3 is 2.12 bits per heavy atom. The van der Waals surface area contributed by atoms with Gasteiger partial charge in [-0.3, -0.25) is 0 Å². The van der Waals surface area contributed by atoms with Gasteiger partial charge in [-0.25, -0.2) is 14.5 Å². The van der Waals surface area contributed by atoms with E-state index in [2.05, 4.69) is 58.7 Å². The van der Waals surface area contributed by atoms with Crippen molar-refractivity contribution in [3.8, 4) is 23.1 Å². The third-order valence-corrected chi connectivity index (χ3v) is 6.88. The zero-order valence-corrected chi connectivity index (χ0v) is 23.5. The molecule has 9 nitrogen and oxygen atoms in total. The molecule has 208 valence electrons. The van der Waals surface area contributed by atoms with Crippen LogP contribution in [0.4, 0.5) is 4.79 Å². The number of alkyl carbamates (subject to hydrolysis) is 1. The molecule has 1 aliphatic carbocycles. The largest absolute Gasteiger partial charge is 0.490 e. The molecule has 1 amide bonds. The third-order valence-electron chi connectivity index (χ3n) is 6.88. The molecule has 1 fully saturated rings. The second-order valence-corrected chi connectivity index (χ2v) is 11.5. The van der Waals surface area contributed by atoms with Crippen LogP contribution in [0.2, 0.25) is 0 Å². The molecule has 1 aliphatic rings. The Balaban J connectivity index is 1.15. The van der Waals surface area contributed by atoms with E-state index in [-0.39, 0.29) is 23.7 Å². The fourth-order valence-corrected chi connectivity index (χ4v) is 4.56. The summed E-state index contributed by atoms with van der Waals surface area (Å²) < 4.78 is 19.1. The van der Waals surface area contributed by atoms with Gasteiger partial charge >= 0.3 is 6.09 Å². The Hall–Kier alpha value is -4.40. The molecule has 0 unspecified atom stereocenters. The summed E-state index contributed by atoms with van der Waals surface area (Å²) in [6.45, 7) is 9.97. The number of benzene rings is 2. The van der Waals surface area contributed by atoms with Gasteiger partial charge in [-0.15, -0.1) is 5.10 Å². The lowest BCUT2D eigenvalue weighted by Crippen LogP contribution is -2.50. The number of carbonyl (C=O) groups excluding carboxylic acids is 1. The molecule has 2 aromatic heterocycles. The van der Waals surface area contributed by atoms with Crippen molar-refractivity contribution < 1.29 is 19.0 Å². The SMILES string of the molecule is CC(C)(C)OC(=O)NC1CC(Oc2ccc(C(C)(C)c3ccc(Oc4ccnc(-n5ccnn5)c4)cc3)cc2)C1. The maximum absolute atomic E-state index is 11.9. The van der Waals surface area contributed by atoms with Crippen molar-refractivity contribution in [2.24, 2.45) is 0 Å². The summed E-state index contributed by atoms with van der Waals surface area (Å²) in [6, 6.07) is 20.1. The Labute approximate surface area is 234 Å². The minimum atomic E-state index is -0.501. The summed E-state index contributed by atoms with van der Waals surface area (Å²) in [5.41, 5.74) is 1.63. The van der Waals surface area contributed by atoms with Gasteiger partial charge in [0.25, 0.3) is 0 Å². The molecule has 0 spiro atoms. The number of rotatable bonds is 8. The number of pyridine rings is 1. The number of nitrogens with zero attached hydrogens (tertiary/aromatic N) is 4. The highest BCUT2D eigenvalue weighted by molar-refractivity contribution is 5.68. The predicted octanol–water partition coefficient (Wildman–Crippen LogP) is 6.22. The van der Waals surface area contributed by atoms with E-state index in [4.69, 9.17) is 14.2 Å². The molecule has 1 N–H and O–H groups in total. The summed E-state index contributed by atoms with van der Waals surface area (Å²) in [5.74, 6) is 2.86. The fourth-order valence-electron chi connectivity index (χ4n) is 4.56. The molecule has 0 saturated heterocycles. The molecular weight excluding hydrogens is 506 g/mol. The third kappa shape index (κ3) is 6.59. The highest BCUT2D eigenvalue weighted by Gasteiger charge is 2.33. The first-order chi connectivity index (χ1) is 19.0. The van der Waals surface area contributed by atoms with Crippen LogP contribution >= 0.6 is 0 Å². The number of hydrogen-bond acceptors (Lipinski definition) is 7. The van der Waals surface area contributed by atoms with E-state index < -0.39 is 5.60 Å². The Kier molecular flexibility index (Phi) is 7.47. The number of carbonyl (C=O) groups is 1. The van der Waals surface area contributed by atoms with Crippen LogP contribution in [0.1, 0.15) is 58.6 Å². The van der Waals surface area contributed by atoms with Crippen molar-refractivity contribution in [1.29, 1.82) is 0 Å². The summed E-state index contributed by atoms with van der Waals surface area (Å²) in [7, 11) is 0. The lowest BCUT2D eigenvalue weighted by atomic mass is 9.78. The first-order valence-corrected chi connectivity index (χ1v) is 13.4. The average molecular weight is 542 g/mol. The van der Waals surface area contributed by atoms with E-state index in [0.717, 1.165) is 24.3 Å². The zero-order chi connectivity index (χ0) is 28.3. The van der Waals surface area contributed by atoms with Crippen LogP contribution in [0.5, 0.6) is 17.2 Å². The molecule has 0 atom stereocenters. The van der Waals surface area contributed by atoms with E-state index in [1.165, 1.54) is 11.1 Å². The minimum Gasteiger partial charge on any atom is -0.490 e.